The maximum Gasteiger partial charge on any atom is 0.121 e. The van der Waals surface area contributed by atoms with Gasteiger partial charge in [-0.15, -0.1) is 6.58 Å². The molecule has 0 bridgehead atoms. The van der Waals surface area contributed by atoms with Gasteiger partial charge >= 0.3 is 0 Å². The molecule has 0 spiro atoms. The summed E-state index contributed by atoms with van der Waals surface area (Å²) in [6.45, 7) is 3.57. The van der Waals surface area contributed by atoms with Gasteiger partial charge in [0.25, 0.3) is 0 Å². The summed E-state index contributed by atoms with van der Waals surface area (Å²) >= 11 is 0. The zero-order valence-corrected chi connectivity index (χ0v) is 6.25. The van der Waals surface area contributed by atoms with E-state index in [1.165, 1.54) is 0 Å². The molecule has 0 saturated heterocycles. The predicted octanol–water partition coefficient (Wildman–Crippen LogP) is 1.70. The summed E-state index contributed by atoms with van der Waals surface area (Å²) in [4.78, 5) is 0. The summed E-state index contributed by atoms with van der Waals surface area (Å²) in [6.07, 6.45) is 2.32. The molecule has 0 fully saturated rings. The number of hydrogen-bond acceptors (Lipinski definition) is 2. The zero-order valence-electron chi connectivity index (χ0n) is 6.25. The fraction of sp³-hybridized carbons (Fsp3) is 0.111. The zero-order chi connectivity index (χ0) is 8.27. The molecule has 1 aromatic rings. The number of allylic oxidation sites excluding steroid dienone is 1. The van der Waals surface area contributed by atoms with Gasteiger partial charge in [-0.25, -0.2) is 0 Å². The summed E-state index contributed by atoms with van der Waals surface area (Å²) in [7, 11) is 0. The third kappa shape index (κ3) is 1.52. The first-order valence-electron chi connectivity index (χ1n) is 3.43. The Morgan fingerprint density at radius 3 is 2.82 bits per heavy atom. The van der Waals surface area contributed by atoms with Crippen molar-refractivity contribution >= 4 is 5.69 Å². The molecule has 3 N–H and O–H groups in total. The average Bonchev–Trinajstić information content (AvgIpc) is 1.97. The Balaban J connectivity index is 3.09. The van der Waals surface area contributed by atoms with E-state index in [-0.39, 0.29) is 5.75 Å². The van der Waals surface area contributed by atoms with Crippen molar-refractivity contribution in [2.45, 2.75) is 6.42 Å². The smallest absolute Gasteiger partial charge is 0.121 e. The van der Waals surface area contributed by atoms with Gasteiger partial charge in [0.15, 0.2) is 0 Å². The second-order valence-corrected chi connectivity index (χ2v) is 2.34. The maximum atomic E-state index is 9.29. The van der Waals surface area contributed by atoms with E-state index in [0.29, 0.717) is 12.1 Å². The lowest BCUT2D eigenvalue weighted by molar-refractivity contribution is 0.470. The molecular weight excluding hydrogens is 138 g/mol. The van der Waals surface area contributed by atoms with Crippen LogP contribution >= 0.6 is 0 Å². The first-order valence-corrected chi connectivity index (χ1v) is 3.43. The van der Waals surface area contributed by atoms with Crippen molar-refractivity contribution in [2.24, 2.45) is 0 Å². The van der Waals surface area contributed by atoms with Gasteiger partial charge in [-0.3, -0.25) is 0 Å². The molecule has 0 aliphatic rings. The van der Waals surface area contributed by atoms with Crippen LogP contribution in [0.2, 0.25) is 0 Å². The van der Waals surface area contributed by atoms with Crippen LogP contribution in [0.3, 0.4) is 0 Å². The number of phenols is 1. The Kier molecular flexibility index (Phi) is 2.16. The van der Waals surface area contributed by atoms with Gasteiger partial charge in [0, 0.05) is 11.3 Å². The maximum absolute atomic E-state index is 9.29. The fourth-order valence-electron chi connectivity index (χ4n) is 0.959. The average molecular weight is 149 g/mol. The van der Waals surface area contributed by atoms with Crippen molar-refractivity contribution < 1.29 is 5.11 Å². The highest BCUT2D eigenvalue weighted by Crippen LogP contribution is 2.23. The van der Waals surface area contributed by atoms with E-state index < -0.39 is 0 Å². The van der Waals surface area contributed by atoms with Crippen LogP contribution in [0.25, 0.3) is 0 Å². The van der Waals surface area contributed by atoms with Gasteiger partial charge in [0.1, 0.15) is 5.75 Å². The van der Waals surface area contributed by atoms with Crippen LogP contribution in [-0.4, -0.2) is 5.11 Å². The van der Waals surface area contributed by atoms with E-state index >= 15 is 0 Å². The molecule has 1 rings (SSSR count). The first-order chi connectivity index (χ1) is 5.25. The third-order valence-corrected chi connectivity index (χ3v) is 1.54. The minimum absolute atomic E-state index is 0.241. The Bertz CT molecular complexity index is 248. The van der Waals surface area contributed by atoms with Crippen LogP contribution in [0, 0.1) is 0 Å². The molecule has 2 nitrogen and oxygen atoms in total. The van der Waals surface area contributed by atoms with Gasteiger partial charge in [0.05, 0.1) is 0 Å². The molecule has 58 valence electrons. The molecule has 0 atom stereocenters. The number of anilines is 1. The standard InChI is InChI=1S/C9H11NO/c1-2-4-7-8(10)5-3-6-9(7)11/h2-3,5-6,11H,1,4,10H2. The van der Waals surface area contributed by atoms with E-state index in [4.69, 9.17) is 5.73 Å². The molecule has 2 heteroatoms. The topological polar surface area (TPSA) is 46.2 Å². The van der Waals surface area contributed by atoms with Crippen molar-refractivity contribution in [3.63, 3.8) is 0 Å². The summed E-state index contributed by atoms with van der Waals surface area (Å²) in [6, 6.07) is 5.10. The van der Waals surface area contributed by atoms with E-state index in [2.05, 4.69) is 6.58 Å². The highest BCUT2D eigenvalue weighted by molar-refractivity contribution is 5.54. The lowest BCUT2D eigenvalue weighted by Gasteiger charge is -2.03. The third-order valence-electron chi connectivity index (χ3n) is 1.54. The van der Waals surface area contributed by atoms with E-state index in [9.17, 15) is 5.11 Å². The predicted molar refractivity (Wildman–Crippen MR) is 46.4 cm³/mol. The molecule has 0 aromatic heterocycles. The van der Waals surface area contributed by atoms with Crippen LogP contribution in [-0.2, 0) is 6.42 Å². The van der Waals surface area contributed by atoms with Crippen LogP contribution < -0.4 is 5.73 Å². The number of phenolic OH excluding ortho intramolecular Hbond substituents is 1. The molecule has 0 saturated carbocycles. The fourth-order valence-corrected chi connectivity index (χ4v) is 0.959. The molecule has 0 unspecified atom stereocenters. The van der Waals surface area contributed by atoms with Gasteiger partial charge < -0.3 is 10.8 Å². The Labute approximate surface area is 66.0 Å². The Morgan fingerprint density at radius 1 is 1.55 bits per heavy atom. The van der Waals surface area contributed by atoms with Crippen LogP contribution in [0.4, 0.5) is 5.69 Å². The molecule has 0 aliphatic carbocycles. The van der Waals surface area contributed by atoms with Crippen LogP contribution in [0.1, 0.15) is 5.56 Å². The van der Waals surface area contributed by atoms with Crippen molar-refractivity contribution in [1.82, 2.24) is 0 Å². The lowest BCUT2D eigenvalue weighted by atomic mass is 10.1. The normalized spacial score (nSPS) is 9.45. The Hall–Kier alpha value is -1.44. The Morgan fingerprint density at radius 2 is 2.27 bits per heavy atom. The number of benzene rings is 1. The van der Waals surface area contributed by atoms with Gasteiger partial charge in [-0.05, 0) is 18.6 Å². The first kappa shape index (κ1) is 7.66. The molecule has 0 radical (unpaired) electrons. The number of rotatable bonds is 2. The minimum Gasteiger partial charge on any atom is -0.508 e. The number of hydrogen-bond donors (Lipinski definition) is 2. The summed E-state index contributed by atoms with van der Waals surface area (Å²) in [5.41, 5.74) is 6.97. The van der Waals surface area contributed by atoms with Gasteiger partial charge in [-0.2, -0.15) is 0 Å². The minimum atomic E-state index is 0.241. The van der Waals surface area contributed by atoms with Crippen LogP contribution in [0.5, 0.6) is 5.75 Å². The molecule has 1 aromatic carbocycles. The number of nitrogen functional groups attached to an aromatic ring is 1. The van der Waals surface area contributed by atoms with Crippen LogP contribution in [0.15, 0.2) is 30.9 Å². The second kappa shape index (κ2) is 3.10. The monoisotopic (exact) mass is 149 g/mol. The van der Waals surface area contributed by atoms with E-state index in [1.54, 1.807) is 24.3 Å². The SMILES string of the molecule is C=CCc1c(N)cccc1O. The summed E-state index contributed by atoms with van der Waals surface area (Å²) < 4.78 is 0. The van der Waals surface area contributed by atoms with Crippen molar-refractivity contribution in [1.29, 1.82) is 0 Å². The van der Waals surface area contributed by atoms with Gasteiger partial charge in [0.2, 0.25) is 0 Å². The second-order valence-electron chi connectivity index (χ2n) is 2.34. The summed E-state index contributed by atoms with van der Waals surface area (Å²) in [5.74, 6) is 0.241. The number of aromatic hydroxyl groups is 1. The van der Waals surface area contributed by atoms with E-state index in [1.807, 2.05) is 0 Å². The number of nitrogens with two attached hydrogens (primary N) is 1. The van der Waals surface area contributed by atoms with Crippen molar-refractivity contribution in [2.75, 3.05) is 5.73 Å². The molecule has 11 heavy (non-hydrogen) atoms. The molecule has 0 amide bonds. The van der Waals surface area contributed by atoms with E-state index in [0.717, 1.165) is 5.56 Å². The molecule has 0 aliphatic heterocycles. The highest BCUT2D eigenvalue weighted by atomic mass is 16.3. The lowest BCUT2D eigenvalue weighted by Crippen LogP contribution is -1.92. The largest absolute Gasteiger partial charge is 0.508 e. The highest BCUT2D eigenvalue weighted by Gasteiger charge is 2.01. The quantitative estimate of drug-likeness (QED) is 0.496. The van der Waals surface area contributed by atoms with Crippen molar-refractivity contribution in [3.05, 3.63) is 36.4 Å². The van der Waals surface area contributed by atoms with Gasteiger partial charge in [-0.1, -0.05) is 12.1 Å². The summed E-state index contributed by atoms with van der Waals surface area (Å²) in [5, 5.41) is 9.29. The molecule has 0 heterocycles. The molecular formula is C9H11NO. The van der Waals surface area contributed by atoms with Crippen molar-refractivity contribution in [3.8, 4) is 5.75 Å².